The van der Waals surface area contributed by atoms with Crippen LogP contribution in [0.1, 0.15) is 32.5 Å². The maximum absolute atomic E-state index is 12.7. The highest BCUT2D eigenvalue weighted by molar-refractivity contribution is 5.98. The molecule has 0 saturated carbocycles. The van der Waals surface area contributed by atoms with Crippen LogP contribution in [0.3, 0.4) is 0 Å². The van der Waals surface area contributed by atoms with Gasteiger partial charge in [-0.1, -0.05) is 0 Å². The fraction of sp³-hybridized carbons (Fsp3) is 0.625. The third-order valence-corrected chi connectivity index (χ3v) is 5.00. The van der Waals surface area contributed by atoms with Crippen LogP contribution >= 0.6 is 0 Å². The van der Waals surface area contributed by atoms with Gasteiger partial charge in [0.15, 0.2) is 0 Å². The second-order valence-electron chi connectivity index (χ2n) is 6.46. The minimum absolute atomic E-state index is 0.107. The Balaban J connectivity index is 1.69. The maximum atomic E-state index is 12.7. The highest BCUT2D eigenvalue weighted by Gasteiger charge is 2.62. The zero-order valence-electron chi connectivity index (χ0n) is 13.9. The van der Waals surface area contributed by atoms with E-state index in [0.717, 1.165) is 19.4 Å². The van der Waals surface area contributed by atoms with Crippen molar-refractivity contribution in [1.82, 2.24) is 25.5 Å². The standard InChI is InChI=1S/C16H23N5O3/c1-10(22)13(14(23)19-9-12-17-6-4-7-18-12)21-11(2)16(15(21)24)5-3-8-20-16/h4,6-7,10-11,13,20,22H,3,5,8-9H2,1-2H3,(H,19,23)/t10-,11?,13+,16-/m1/s1. The number of hydrogen-bond acceptors (Lipinski definition) is 6. The zero-order valence-corrected chi connectivity index (χ0v) is 13.9. The number of nitrogens with one attached hydrogen (secondary N) is 2. The molecule has 130 valence electrons. The van der Waals surface area contributed by atoms with E-state index in [1.165, 1.54) is 11.8 Å². The number of nitrogens with zero attached hydrogens (tertiary/aromatic N) is 3. The molecule has 2 aliphatic rings. The van der Waals surface area contributed by atoms with Gasteiger partial charge in [0, 0.05) is 12.4 Å². The first kappa shape index (κ1) is 16.8. The average Bonchev–Trinajstić information content (AvgIpc) is 3.10. The van der Waals surface area contributed by atoms with Crippen molar-refractivity contribution in [2.45, 2.75) is 57.0 Å². The predicted molar refractivity (Wildman–Crippen MR) is 85.6 cm³/mol. The Labute approximate surface area is 140 Å². The van der Waals surface area contributed by atoms with E-state index in [2.05, 4.69) is 20.6 Å². The van der Waals surface area contributed by atoms with Gasteiger partial charge < -0.3 is 20.6 Å². The number of carbonyl (C=O) groups is 2. The molecule has 0 radical (unpaired) electrons. The average molecular weight is 333 g/mol. The van der Waals surface area contributed by atoms with E-state index >= 15 is 0 Å². The molecule has 2 aliphatic heterocycles. The lowest BCUT2D eigenvalue weighted by molar-refractivity contribution is -0.173. The van der Waals surface area contributed by atoms with Crippen LogP contribution in [-0.2, 0) is 16.1 Å². The summed E-state index contributed by atoms with van der Waals surface area (Å²) in [6.07, 6.45) is 3.94. The van der Waals surface area contributed by atoms with Crippen LogP contribution in [0, 0.1) is 0 Å². The molecular weight excluding hydrogens is 310 g/mol. The lowest BCUT2D eigenvalue weighted by Crippen LogP contribution is -2.80. The summed E-state index contributed by atoms with van der Waals surface area (Å²) in [6.45, 7) is 4.41. The molecule has 0 aromatic carbocycles. The molecule has 8 nitrogen and oxygen atoms in total. The van der Waals surface area contributed by atoms with Crippen LogP contribution < -0.4 is 10.6 Å². The number of aromatic nitrogens is 2. The number of β-lactam (4-membered cyclic amide) rings is 1. The zero-order chi connectivity index (χ0) is 17.3. The summed E-state index contributed by atoms with van der Waals surface area (Å²) in [5.74, 6) is -0.0258. The van der Waals surface area contributed by atoms with E-state index in [1.807, 2.05) is 6.92 Å². The summed E-state index contributed by atoms with van der Waals surface area (Å²) < 4.78 is 0. The first-order valence-corrected chi connectivity index (χ1v) is 8.27. The molecule has 0 bridgehead atoms. The molecule has 0 aliphatic carbocycles. The molecule has 2 saturated heterocycles. The van der Waals surface area contributed by atoms with Gasteiger partial charge >= 0.3 is 0 Å². The predicted octanol–water partition coefficient (Wildman–Crippen LogP) is -0.805. The molecule has 1 spiro atoms. The van der Waals surface area contributed by atoms with E-state index < -0.39 is 23.6 Å². The van der Waals surface area contributed by atoms with Crippen molar-refractivity contribution in [3.05, 3.63) is 24.3 Å². The molecule has 1 aromatic rings. The van der Waals surface area contributed by atoms with Gasteiger partial charge in [0.2, 0.25) is 11.8 Å². The Morgan fingerprint density at radius 2 is 2.25 bits per heavy atom. The highest BCUT2D eigenvalue weighted by atomic mass is 16.3. The van der Waals surface area contributed by atoms with Crippen LogP contribution in [0.4, 0.5) is 0 Å². The molecule has 3 heterocycles. The molecule has 8 heteroatoms. The molecule has 3 rings (SSSR count). The lowest BCUT2D eigenvalue weighted by atomic mass is 9.76. The molecule has 1 aromatic heterocycles. The highest BCUT2D eigenvalue weighted by Crippen LogP contribution is 2.39. The number of likely N-dealkylation sites (tertiary alicyclic amines) is 1. The Kier molecular flexibility index (Phi) is 4.51. The summed E-state index contributed by atoms with van der Waals surface area (Å²) in [5, 5.41) is 16.1. The largest absolute Gasteiger partial charge is 0.391 e. The Bertz CT molecular complexity index is 615. The van der Waals surface area contributed by atoms with Crippen molar-refractivity contribution in [2.24, 2.45) is 0 Å². The lowest BCUT2D eigenvalue weighted by Gasteiger charge is -2.56. The minimum Gasteiger partial charge on any atom is -0.391 e. The van der Waals surface area contributed by atoms with Crippen molar-refractivity contribution < 1.29 is 14.7 Å². The monoisotopic (exact) mass is 333 g/mol. The van der Waals surface area contributed by atoms with E-state index in [0.29, 0.717) is 5.82 Å². The fourth-order valence-electron chi connectivity index (χ4n) is 3.70. The Morgan fingerprint density at radius 3 is 2.79 bits per heavy atom. The van der Waals surface area contributed by atoms with Crippen LogP contribution in [0.25, 0.3) is 0 Å². The number of rotatable bonds is 5. The Hall–Kier alpha value is -2.06. The van der Waals surface area contributed by atoms with Gasteiger partial charge in [0.05, 0.1) is 18.7 Å². The van der Waals surface area contributed by atoms with Gasteiger partial charge in [0.1, 0.15) is 17.4 Å². The molecule has 2 fully saturated rings. The number of aliphatic hydroxyl groups excluding tert-OH is 1. The van der Waals surface area contributed by atoms with Gasteiger partial charge in [-0.15, -0.1) is 0 Å². The smallest absolute Gasteiger partial charge is 0.246 e. The van der Waals surface area contributed by atoms with Gasteiger partial charge in [-0.25, -0.2) is 9.97 Å². The second-order valence-corrected chi connectivity index (χ2v) is 6.46. The van der Waals surface area contributed by atoms with Crippen LogP contribution in [0.15, 0.2) is 18.5 Å². The van der Waals surface area contributed by atoms with E-state index in [9.17, 15) is 14.7 Å². The number of amides is 2. The van der Waals surface area contributed by atoms with Gasteiger partial charge in [-0.3, -0.25) is 9.59 Å². The van der Waals surface area contributed by atoms with Crippen molar-refractivity contribution in [3.63, 3.8) is 0 Å². The minimum atomic E-state index is -0.966. The molecule has 4 atom stereocenters. The Morgan fingerprint density at radius 1 is 1.54 bits per heavy atom. The number of carbonyl (C=O) groups excluding carboxylic acids is 2. The summed E-state index contributed by atoms with van der Waals surface area (Å²) in [7, 11) is 0. The quantitative estimate of drug-likeness (QED) is 0.609. The third kappa shape index (κ3) is 2.65. The summed E-state index contributed by atoms with van der Waals surface area (Å²) in [5.41, 5.74) is -0.560. The molecule has 2 amide bonds. The van der Waals surface area contributed by atoms with Crippen LogP contribution in [0.2, 0.25) is 0 Å². The summed E-state index contributed by atoms with van der Waals surface area (Å²) >= 11 is 0. The third-order valence-electron chi connectivity index (χ3n) is 5.00. The SMILES string of the molecule is CC1N([C@H](C(=O)NCc2ncccn2)[C@@H](C)O)C(=O)[C@@]12CCCN2. The maximum Gasteiger partial charge on any atom is 0.246 e. The van der Waals surface area contributed by atoms with Crippen LogP contribution in [0.5, 0.6) is 0 Å². The number of hydrogen-bond donors (Lipinski definition) is 3. The molecule has 1 unspecified atom stereocenters. The summed E-state index contributed by atoms with van der Waals surface area (Å²) in [6, 6.07) is 0.647. The van der Waals surface area contributed by atoms with Crippen molar-refractivity contribution in [2.75, 3.05) is 6.54 Å². The summed E-state index contributed by atoms with van der Waals surface area (Å²) in [4.78, 5) is 34.8. The van der Waals surface area contributed by atoms with Crippen molar-refractivity contribution >= 4 is 11.8 Å². The molecule has 3 N–H and O–H groups in total. The van der Waals surface area contributed by atoms with Crippen LogP contribution in [-0.4, -0.2) is 62.1 Å². The fourth-order valence-corrected chi connectivity index (χ4v) is 3.70. The van der Waals surface area contributed by atoms with E-state index in [4.69, 9.17) is 0 Å². The second kappa shape index (κ2) is 6.45. The van der Waals surface area contributed by atoms with Gasteiger partial charge in [-0.2, -0.15) is 0 Å². The first-order valence-electron chi connectivity index (χ1n) is 8.27. The van der Waals surface area contributed by atoms with Gasteiger partial charge in [-0.05, 0) is 39.3 Å². The first-order chi connectivity index (χ1) is 11.5. The molecular formula is C16H23N5O3. The van der Waals surface area contributed by atoms with Crippen molar-refractivity contribution in [1.29, 1.82) is 0 Å². The van der Waals surface area contributed by atoms with E-state index in [1.54, 1.807) is 18.5 Å². The van der Waals surface area contributed by atoms with Gasteiger partial charge in [0.25, 0.3) is 0 Å². The van der Waals surface area contributed by atoms with E-state index in [-0.39, 0.29) is 18.5 Å². The topological polar surface area (TPSA) is 107 Å². The van der Waals surface area contributed by atoms with Crippen molar-refractivity contribution in [3.8, 4) is 0 Å². The normalized spacial score (nSPS) is 28.5. The number of aliphatic hydroxyl groups is 1. The molecule has 24 heavy (non-hydrogen) atoms.